The Kier molecular flexibility index (Phi) is 6.24. The highest BCUT2D eigenvalue weighted by atomic mass is 35.5. The summed E-state index contributed by atoms with van der Waals surface area (Å²) in [6.07, 6.45) is 1.20. The molecule has 0 aliphatic carbocycles. The van der Waals surface area contributed by atoms with E-state index < -0.39 is 17.4 Å². The van der Waals surface area contributed by atoms with E-state index in [9.17, 15) is 9.59 Å². The monoisotopic (exact) mass is 466 g/mol. The maximum Gasteiger partial charge on any atom is 0.513 e. The second-order valence-corrected chi connectivity index (χ2v) is 8.82. The largest absolute Gasteiger partial charge is 0.513 e. The highest BCUT2D eigenvalue weighted by Gasteiger charge is 2.49. The van der Waals surface area contributed by atoms with Gasteiger partial charge in [0, 0.05) is 5.69 Å². The first-order chi connectivity index (χ1) is 14.4. The van der Waals surface area contributed by atoms with Crippen LogP contribution in [-0.4, -0.2) is 39.8 Å². The Labute approximate surface area is 190 Å². The third kappa shape index (κ3) is 4.22. The van der Waals surface area contributed by atoms with Gasteiger partial charge in [0.1, 0.15) is 17.5 Å². The van der Waals surface area contributed by atoms with Gasteiger partial charge in [-0.1, -0.05) is 36.2 Å². The molecule has 2 heterocycles. The van der Waals surface area contributed by atoms with E-state index in [-0.39, 0.29) is 27.4 Å². The van der Waals surface area contributed by atoms with Crippen LogP contribution in [0.2, 0.25) is 10.3 Å². The number of halogens is 2. The van der Waals surface area contributed by atoms with Crippen molar-refractivity contribution in [2.75, 3.05) is 7.11 Å². The van der Waals surface area contributed by atoms with Crippen LogP contribution in [0.5, 0.6) is 0 Å². The number of methoxy groups -OCH3 is 1. The highest BCUT2D eigenvalue weighted by molar-refractivity contribution is 6.40. The van der Waals surface area contributed by atoms with E-state index in [1.54, 1.807) is 38.3 Å². The summed E-state index contributed by atoms with van der Waals surface area (Å²) in [5.41, 5.74) is 0.184. The van der Waals surface area contributed by atoms with Crippen molar-refractivity contribution in [1.82, 2.24) is 9.55 Å². The van der Waals surface area contributed by atoms with E-state index >= 15 is 0 Å². The minimum Gasteiger partial charge on any atom is -0.437 e. The molecule has 1 aromatic carbocycles. The van der Waals surface area contributed by atoms with Crippen LogP contribution in [0.25, 0.3) is 11.3 Å². The number of nitrogens with zero attached hydrogens (tertiary/aromatic N) is 2. The Balaban J connectivity index is 2.33. The molecule has 0 saturated heterocycles. The third-order valence-electron chi connectivity index (χ3n) is 5.10. The highest BCUT2D eigenvalue weighted by Crippen LogP contribution is 2.43. The molecule has 0 spiro atoms. The van der Waals surface area contributed by atoms with Gasteiger partial charge in [0.2, 0.25) is 0 Å². The number of hydrogen-bond acceptors (Lipinski definition) is 6. The zero-order valence-corrected chi connectivity index (χ0v) is 19.7. The summed E-state index contributed by atoms with van der Waals surface area (Å²) in [6.45, 7) is 8.83. The SMILES string of the molecule is CCc1ccc(-n2cnc(Cl)c2Cl)cc1C1=C(OC(=O)OC)C(C)(C)OC(C)(C)C1=O. The van der Waals surface area contributed by atoms with Gasteiger partial charge in [0.25, 0.3) is 0 Å². The first-order valence-corrected chi connectivity index (χ1v) is 10.5. The van der Waals surface area contributed by atoms with Gasteiger partial charge in [-0.05, 0) is 57.4 Å². The van der Waals surface area contributed by atoms with Crippen molar-refractivity contribution in [2.24, 2.45) is 0 Å². The van der Waals surface area contributed by atoms with E-state index in [1.165, 1.54) is 13.4 Å². The van der Waals surface area contributed by atoms with Crippen molar-refractivity contribution in [3.05, 3.63) is 51.7 Å². The van der Waals surface area contributed by atoms with E-state index in [0.717, 1.165) is 5.56 Å². The average Bonchev–Trinajstić information content (AvgIpc) is 3.04. The van der Waals surface area contributed by atoms with Gasteiger partial charge in [-0.2, -0.15) is 0 Å². The van der Waals surface area contributed by atoms with Gasteiger partial charge in [0.05, 0.1) is 12.7 Å². The lowest BCUT2D eigenvalue weighted by Gasteiger charge is -2.42. The van der Waals surface area contributed by atoms with Crippen LogP contribution in [-0.2, 0) is 25.4 Å². The van der Waals surface area contributed by atoms with Gasteiger partial charge in [0.15, 0.2) is 21.8 Å². The summed E-state index contributed by atoms with van der Waals surface area (Å²) in [6, 6.07) is 5.54. The Bertz CT molecular complexity index is 1090. The predicted molar refractivity (Wildman–Crippen MR) is 118 cm³/mol. The number of aryl methyl sites for hydroxylation is 1. The van der Waals surface area contributed by atoms with Crippen molar-refractivity contribution in [3.8, 4) is 5.69 Å². The Morgan fingerprint density at radius 3 is 2.42 bits per heavy atom. The van der Waals surface area contributed by atoms with Gasteiger partial charge in [-0.3, -0.25) is 9.36 Å². The van der Waals surface area contributed by atoms with E-state index in [1.807, 2.05) is 19.1 Å². The molecule has 0 fully saturated rings. The van der Waals surface area contributed by atoms with Gasteiger partial charge in [-0.15, -0.1) is 0 Å². The fourth-order valence-corrected chi connectivity index (χ4v) is 4.05. The molecule has 0 unspecified atom stereocenters. The molecule has 0 bridgehead atoms. The molecule has 0 amide bonds. The second-order valence-electron chi connectivity index (χ2n) is 8.10. The zero-order valence-electron chi connectivity index (χ0n) is 18.2. The fraction of sp³-hybridized carbons (Fsp3) is 0.409. The maximum atomic E-state index is 13.5. The number of imidazole rings is 1. The lowest BCUT2D eigenvalue weighted by molar-refractivity contribution is -0.158. The second kappa shape index (κ2) is 8.30. The number of benzene rings is 1. The van der Waals surface area contributed by atoms with Crippen molar-refractivity contribution < 1.29 is 23.8 Å². The quantitative estimate of drug-likeness (QED) is 0.561. The molecule has 1 aliphatic heterocycles. The van der Waals surface area contributed by atoms with Gasteiger partial charge < -0.3 is 14.2 Å². The summed E-state index contributed by atoms with van der Waals surface area (Å²) < 4.78 is 17.8. The predicted octanol–water partition coefficient (Wildman–Crippen LogP) is 5.39. The fourth-order valence-electron chi connectivity index (χ4n) is 3.73. The molecule has 0 atom stereocenters. The zero-order chi connectivity index (χ0) is 23.1. The minimum absolute atomic E-state index is 0.0882. The summed E-state index contributed by atoms with van der Waals surface area (Å²) in [7, 11) is 1.20. The van der Waals surface area contributed by atoms with Crippen molar-refractivity contribution >= 4 is 40.7 Å². The minimum atomic E-state index is -1.14. The molecule has 2 aromatic rings. The average molecular weight is 467 g/mol. The molecule has 3 rings (SSSR count). The topological polar surface area (TPSA) is 79.7 Å². The van der Waals surface area contributed by atoms with Crippen LogP contribution < -0.4 is 0 Å². The van der Waals surface area contributed by atoms with Crippen LogP contribution >= 0.6 is 23.2 Å². The molecule has 31 heavy (non-hydrogen) atoms. The first kappa shape index (κ1) is 23.3. The number of ketones is 1. The number of rotatable bonds is 4. The lowest BCUT2D eigenvalue weighted by Crippen LogP contribution is -2.50. The molecule has 9 heteroatoms. The van der Waals surface area contributed by atoms with Crippen molar-refractivity contribution in [1.29, 1.82) is 0 Å². The Morgan fingerprint density at radius 2 is 1.87 bits per heavy atom. The Hall–Kier alpha value is -2.35. The van der Waals surface area contributed by atoms with Gasteiger partial charge in [-0.25, -0.2) is 9.78 Å². The molecule has 1 aliphatic rings. The van der Waals surface area contributed by atoms with Crippen LogP contribution in [0, 0.1) is 0 Å². The standard InChI is InChI=1S/C22H24Cl2N2O5/c1-7-12-8-9-13(26-11-25-18(23)19(26)24)10-14(12)15-16(27)21(2,3)31-22(4,5)17(15)30-20(28)29-6/h8-11H,7H2,1-6H3. The molecule has 0 saturated carbocycles. The Morgan fingerprint density at radius 1 is 1.19 bits per heavy atom. The molecule has 1 aromatic heterocycles. The maximum absolute atomic E-state index is 13.5. The molecule has 166 valence electrons. The summed E-state index contributed by atoms with van der Waals surface area (Å²) in [5.74, 6) is -0.224. The van der Waals surface area contributed by atoms with Crippen molar-refractivity contribution in [3.63, 3.8) is 0 Å². The summed E-state index contributed by atoms with van der Waals surface area (Å²) >= 11 is 12.3. The number of Topliss-reactive ketones (excluding diaryl/α,β-unsaturated/α-hetero) is 1. The smallest absolute Gasteiger partial charge is 0.437 e. The van der Waals surface area contributed by atoms with Gasteiger partial charge >= 0.3 is 6.16 Å². The van der Waals surface area contributed by atoms with Crippen LogP contribution in [0.1, 0.15) is 45.7 Å². The molecular weight excluding hydrogens is 443 g/mol. The van der Waals surface area contributed by atoms with Crippen LogP contribution in [0.3, 0.4) is 0 Å². The lowest BCUT2D eigenvalue weighted by atomic mass is 9.81. The van der Waals surface area contributed by atoms with E-state index in [4.69, 9.17) is 32.7 Å². The number of aromatic nitrogens is 2. The third-order valence-corrected chi connectivity index (χ3v) is 5.83. The van der Waals surface area contributed by atoms with Crippen LogP contribution in [0.4, 0.5) is 4.79 Å². The number of carbonyl (C=O) groups is 2. The molecule has 0 radical (unpaired) electrons. The number of ether oxygens (including phenoxy) is 3. The molecule has 7 nitrogen and oxygen atoms in total. The number of hydrogen-bond donors (Lipinski definition) is 0. The number of carbonyl (C=O) groups excluding carboxylic acids is 2. The van der Waals surface area contributed by atoms with E-state index in [0.29, 0.717) is 17.7 Å². The summed E-state index contributed by atoms with van der Waals surface area (Å²) in [5, 5.41) is 0.414. The van der Waals surface area contributed by atoms with Crippen molar-refractivity contribution in [2.45, 2.75) is 52.2 Å². The molecule has 0 N–H and O–H groups in total. The van der Waals surface area contributed by atoms with E-state index in [2.05, 4.69) is 9.72 Å². The first-order valence-electron chi connectivity index (χ1n) is 9.70. The summed E-state index contributed by atoms with van der Waals surface area (Å²) in [4.78, 5) is 29.5. The normalized spacial score (nSPS) is 17.6. The molecular formula is C22H24Cl2N2O5. The van der Waals surface area contributed by atoms with Crippen LogP contribution in [0.15, 0.2) is 30.3 Å².